The summed E-state index contributed by atoms with van der Waals surface area (Å²) in [4.78, 5) is 14.9. The molecule has 0 spiro atoms. The molecule has 0 aliphatic heterocycles. The first-order valence-electron chi connectivity index (χ1n) is 5.93. The van der Waals surface area contributed by atoms with Gasteiger partial charge in [-0.2, -0.15) is 5.10 Å². The molecule has 1 aromatic heterocycles. The highest BCUT2D eigenvalue weighted by Crippen LogP contribution is 2.24. The summed E-state index contributed by atoms with van der Waals surface area (Å²) in [7, 11) is 3.04. The predicted molar refractivity (Wildman–Crippen MR) is 75.4 cm³/mol. The zero-order chi connectivity index (χ0) is 14.4. The topological polar surface area (TPSA) is 75.7 Å². The number of carbonyl (C=O) groups excluding carboxylic acids is 1. The number of aromatic nitrogens is 1. The van der Waals surface area contributed by atoms with Crippen molar-refractivity contribution in [3.8, 4) is 11.5 Å². The molecule has 1 aromatic carbocycles. The average Bonchev–Trinajstić information content (AvgIpc) is 2.99. The van der Waals surface area contributed by atoms with Gasteiger partial charge in [0, 0.05) is 12.3 Å². The van der Waals surface area contributed by atoms with Crippen LogP contribution in [-0.2, 0) is 0 Å². The lowest BCUT2D eigenvalue weighted by Gasteiger charge is -2.08. The summed E-state index contributed by atoms with van der Waals surface area (Å²) >= 11 is 0. The van der Waals surface area contributed by atoms with Gasteiger partial charge in [-0.3, -0.25) is 4.79 Å². The quantitative estimate of drug-likeness (QED) is 0.644. The average molecular weight is 273 g/mol. The summed E-state index contributed by atoms with van der Waals surface area (Å²) in [6, 6.07) is 8.63. The number of H-pyrrole nitrogens is 1. The van der Waals surface area contributed by atoms with Crippen molar-refractivity contribution in [2.75, 3.05) is 14.2 Å². The second kappa shape index (κ2) is 6.42. The third-order valence-corrected chi connectivity index (χ3v) is 2.65. The van der Waals surface area contributed by atoms with Crippen LogP contribution in [0.1, 0.15) is 16.1 Å². The van der Waals surface area contributed by atoms with Crippen LogP contribution in [0.15, 0.2) is 41.6 Å². The Morgan fingerprint density at radius 3 is 2.80 bits per heavy atom. The third kappa shape index (κ3) is 3.17. The molecule has 1 heterocycles. The molecule has 2 rings (SSSR count). The Morgan fingerprint density at radius 1 is 1.30 bits per heavy atom. The lowest BCUT2D eigenvalue weighted by atomic mass is 10.2. The van der Waals surface area contributed by atoms with Gasteiger partial charge in [-0.25, -0.2) is 5.43 Å². The molecule has 0 atom stereocenters. The van der Waals surface area contributed by atoms with Crippen LogP contribution >= 0.6 is 0 Å². The number of hydrogen-bond acceptors (Lipinski definition) is 4. The number of nitrogens with zero attached hydrogens (tertiary/aromatic N) is 1. The Hall–Kier alpha value is -2.76. The van der Waals surface area contributed by atoms with E-state index >= 15 is 0 Å². The number of rotatable bonds is 5. The van der Waals surface area contributed by atoms with E-state index in [0.717, 1.165) is 5.69 Å². The van der Waals surface area contributed by atoms with E-state index < -0.39 is 0 Å². The number of aromatic amines is 1. The van der Waals surface area contributed by atoms with Crippen LogP contribution in [0.2, 0.25) is 0 Å². The van der Waals surface area contributed by atoms with E-state index in [2.05, 4.69) is 15.5 Å². The highest BCUT2D eigenvalue weighted by atomic mass is 16.5. The van der Waals surface area contributed by atoms with Crippen molar-refractivity contribution >= 4 is 12.1 Å². The number of methoxy groups -OCH3 is 2. The molecule has 2 aromatic rings. The summed E-state index contributed by atoms with van der Waals surface area (Å²) in [5, 5.41) is 3.87. The van der Waals surface area contributed by atoms with Crippen molar-refractivity contribution in [3.05, 3.63) is 47.8 Å². The van der Waals surface area contributed by atoms with E-state index in [-0.39, 0.29) is 5.91 Å². The minimum Gasteiger partial charge on any atom is -0.497 e. The number of benzene rings is 1. The fraction of sp³-hybridized carbons (Fsp3) is 0.143. The second-order valence-electron chi connectivity index (χ2n) is 3.89. The number of ether oxygens (including phenoxy) is 2. The van der Waals surface area contributed by atoms with Crippen molar-refractivity contribution in [1.82, 2.24) is 10.4 Å². The molecule has 0 saturated heterocycles. The Kier molecular flexibility index (Phi) is 4.39. The first kappa shape index (κ1) is 13.7. The van der Waals surface area contributed by atoms with Gasteiger partial charge in [0.15, 0.2) is 0 Å². The molecule has 0 bridgehead atoms. The molecule has 1 amide bonds. The van der Waals surface area contributed by atoms with Crippen LogP contribution in [0.25, 0.3) is 0 Å². The number of carbonyl (C=O) groups is 1. The number of nitrogens with one attached hydrogen (secondary N) is 2. The Bertz CT molecular complexity index is 606. The molecule has 0 aliphatic rings. The van der Waals surface area contributed by atoms with Crippen LogP contribution in [0.3, 0.4) is 0 Å². The fourth-order valence-corrected chi connectivity index (χ4v) is 1.63. The van der Waals surface area contributed by atoms with Crippen LogP contribution in [-0.4, -0.2) is 31.3 Å². The van der Waals surface area contributed by atoms with Gasteiger partial charge in [0.05, 0.1) is 31.7 Å². The number of hydrazone groups is 1. The highest BCUT2D eigenvalue weighted by molar-refractivity contribution is 5.97. The van der Waals surface area contributed by atoms with E-state index in [1.165, 1.54) is 13.3 Å². The van der Waals surface area contributed by atoms with Gasteiger partial charge < -0.3 is 14.5 Å². The maximum absolute atomic E-state index is 12.0. The maximum Gasteiger partial charge on any atom is 0.275 e. The van der Waals surface area contributed by atoms with Crippen molar-refractivity contribution in [3.63, 3.8) is 0 Å². The monoisotopic (exact) mass is 273 g/mol. The summed E-state index contributed by atoms with van der Waals surface area (Å²) in [5.74, 6) is 0.692. The zero-order valence-electron chi connectivity index (χ0n) is 11.2. The van der Waals surface area contributed by atoms with E-state index in [1.807, 2.05) is 12.1 Å². The zero-order valence-corrected chi connectivity index (χ0v) is 11.2. The third-order valence-electron chi connectivity index (χ3n) is 2.65. The van der Waals surface area contributed by atoms with Crippen molar-refractivity contribution in [1.29, 1.82) is 0 Å². The van der Waals surface area contributed by atoms with Crippen LogP contribution in [0.4, 0.5) is 0 Å². The van der Waals surface area contributed by atoms with Gasteiger partial charge in [0.1, 0.15) is 11.5 Å². The van der Waals surface area contributed by atoms with Gasteiger partial charge in [0.2, 0.25) is 0 Å². The minimum absolute atomic E-state index is 0.354. The molecule has 6 nitrogen and oxygen atoms in total. The first-order valence-corrected chi connectivity index (χ1v) is 5.93. The molecule has 0 aliphatic carbocycles. The molecule has 104 valence electrons. The Labute approximate surface area is 116 Å². The fourth-order valence-electron chi connectivity index (χ4n) is 1.63. The minimum atomic E-state index is -0.354. The lowest BCUT2D eigenvalue weighted by molar-refractivity contribution is 0.0952. The molecular weight excluding hydrogens is 258 g/mol. The van der Waals surface area contributed by atoms with Crippen molar-refractivity contribution < 1.29 is 14.3 Å². The molecule has 20 heavy (non-hydrogen) atoms. The number of amides is 1. The number of hydrogen-bond donors (Lipinski definition) is 2. The molecule has 0 saturated carbocycles. The van der Waals surface area contributed by atoms with Crippen LogP contribution < -0.4 is 14.9 Å². The second-order valence-corrected chi connectivity index (χ2v) is 3.89. The van der Waals surface area contributed by atoms with E-state index in [9.17, 15) is 4.79 Å². The molecule has 2 N–H and O–H groups in total. The molecule has 6 heteroatoms. The lowest BCUT2D eigenvalue weighted by Crippen LogP contribution is -2.18. The van der Waals surface area contributed by atoms with Gasteiger partial charge in [0.25, 0.3) is 5.91 Å². The molecular formula is C14H15N3O3. The Morgan fingerprint density at radius 2 is 2.15 bits per heavy atom. The van der Waals surface area contributed by atoms with Crippen LogP contribution in [0, 0.1) is 0 Å². The summed E-state index contributed by atoms with van der Waals surface area (Å²) in [6.45, 7) is 0. The van der Waals surface area contributed by atoms with Gasteiger partial charge in [-0.1, -0.05) is 0 Å². The summed E-state index contributed by atoms with van der Waals surface area (Å²) < 4.78 is 10.2. The largest absolute Gasteiger partial charge is 0.497 e. The molecule has 0 fully saturated rings. The molecule has 0 radical (unpaired) electrons. The Balaban J connectivity index is 2.09. The van der Waals surface area contributed by atoms with Gasteiger partial charge in [-0.15, -0.1) is 0 Å². The maximum atomic E-state index is 12.0. The SMILES string of the molecule is COc1ccc(C(=O)N/N=C/c2ccc[nH]2)c(OC)c1. The smallest absolute Gasteiger partial charge is 0.275 e. The molecule has 0 unspecified atom stereocenters. The van der Waals surface area contributed by atoms with Crippen LogP contribution in [0.5, 0.6) is 11.5 Å². The van der Waals surface area contributed by atoms with E-state index in [4.69, 9.17) is 9.47 Å². The van der Waals surface area contributed by atoms with Crippen molar-refractivity contribution in [2.24, 2.45) is 5.10 Å². The van der Waals surface area contributed by atoms with E-state index in [0.29, 0.717) is 17.1 Å². The first-order chi connectivity index (χ1) is 9.74. The standard InChI is InChI=1S/C14H15N3O3/c1-19-11-5-6-12(13(8-11)20-2)14(18)17-16-9-10-4-3-7-15-10/h3-9,15H,1-2H3,(H,17,18)/b16-9+. The predicted octanol–water partition coefficient (Wildman–Crippen LogP) is 1.80. The van der Waals surface area contributed by atoms with Gasteiger partial charge >= 0.3 is 0 Å². The van der Waals surface area contributed by atoms with Gasteiger partial charge in [-0.05, 0) is 24.3 Å². The summed E-state index contributed by atoms with van der Waals surface area (Å²) in [6.07, 6.45) is 3.30. The normalized spacial score (nSPS) is 10.5. The highest BCUT2D eigenvalue weighted by Gasteiger charge is 2.12. The van der Waals surface area contributed by atoms with Crippen molar-refractivity contribution in [2.45, 2.75) is 0 Å². The summed E-state index contributed by atoms with van der Waals surface area (Å²) in [5.41, 5.74) is 3.62. The van der Waals surface area contributed by atoms with E-state index in [1.54, 1.807) is 31.5 Å².